The van der Waals surface area contributed by atoms with E-state index < -0.39 is 0 Å². The molecule has 10 rings (SSSR count). The first-order valence-corrected chi connectivity index (χ1v) is 14.6. The highest BCUT2D eigenvalue weighted by molar-refractivity contribution is 6.18. The van der Waals surface area contributed by atoms with Crippen LogP contribution in [0.5, 0.6) is 0 Å². The number of fused-ring (bicyclic) bond motifs is 11. The van der Waals surface area contributed by atoms with Crippen molar-refractivity contribution in [3.63, 3.8) is 0 Å². The molecular weight excluding hydrogens is 544 g/mol. The van der Waals surface area contributed by atoms with Crippen LogP contribution in [0.1, 0.15) is 0 Å². The molecule has 0 bridgehead atoms. The van der Waals surface area contributed by atoms with Crippen LogP contribution in [0.2, 0.25) is 0 Å². The van der Waals surface area contributed by atoms with E-state index in [9.17, 15) is 0 Å². The van der Waals surface area contributed by atoms with Gasteiger partial charge in [0.1, 0.15) is 27.9 Å². The molecule has 206 valence electrons. The fourth-order valence-corrected chi connectivity index (χ4v) is 6.72. The molecule has 44 heavy (non-hydrogen) atoms. The van der Waals surface area contributed by atoms with E-state index in [-0.39, 0.29) is 0 Å². The highest BCUT2D eigenvalue weighted by Crippen LogP contribution is 2.45. The second-order valence-corrected chi connectivity index (χ2v) is 11.2. The van der Waals surface area contributed by atoms with Gasteiger partial charge in [0.05, 0.1) is 11.4 Å². The second kappa shape index (κ2) is 8.72. The molecule has 0 unspecified atom stereocenters. The highest BCUT2D eigenvalue weighted by Gasteiger charge is 2.22. The van der Waals surface area contributed by atoms with E-state index in [2.05, 4.69) is 88.7 Å². The molecule has 0 aliphatic rings. The van der Waals surface area contributed by atoms with Crippen molar-refractivity contribution in [1.82, 2.24) is 4.98 Å². The van der Waals surface area contributed by atoms with Crippen molar-refractivity contribution in [2.75, 3.05) is 4.90 Å². The molecule has 0 amide bonds. The third-order valence-electron chi connectivity index (χ3n) is 8.74. The predicted octanol–water partition coefficient (Wildman–Crippen LogP) is 11.4. The zero-order valence-electron chi connectivity index (χ0n) is 23.3. The van der Waals surface area contributed by atoms with Crippen molar-refractivity contribution in [3.05, 3.63) is 134 Å². The fraction of sp³-hybridized carbons (Fsp3) is 0. The molecule has 10 aromatic rings. The minimum Gasteiger partial charge on any atom is -0.456 e. The monoisotopic (exact) mass is 566 g/mol. The first-order valence-electron chi connectivity index (χ1n) is 14.6. The Labute approximate surface area is 250 Å². The van der Waals surface area contributed by atoms with Crippen LogP contribution in [-0.2, 0) is 0 Å². The molecule has 4 aromatic heterocycles. The van der Waals surface area contributed by atoms with Gasteiger partial charge in [-0.25, -0.2) is 0 Å². The fourth-order valence-electron chi connectivity index (χ4n) is 6.72. The molecule has 0 saturated heterocycles. The number of furan rings is 3. The average molecular weight is 567 g/mol. The Kier molecular flexibility index (Phi) is 4.66. The molecule has 0 spiro atoms. The Hall–Kier alpha value is -6.07. The van der Waals surface area contributed by atoms with Gasteiger partial charge in [0.25, 0.3) is 0 Å². The minimum absolute atomic E-state index is 0.814. The first kappa shape index (κ1) is 23.5. The van der Waals surface area contributed by atoms with Crippen LogP contribution < -0.4 is 4.90 Å². The second-order valence-electron chi connectivity index (χ2n) is 11.2. The molecule has 0 fully saturated rings. The van der Waals surface area contributed by atoms with Gasteiger partial charge in [0, 0.05) is 67.2 Å². The summed E-state index contributed by atoms with van der Waals surface area (Å²) in [5.74, 6) is 0. The normalized spacial score (nSPS) is 12.1. The molecular formula is C39H22N2O3. The number of hydrogen-bond acceptors (Lipinski definition) is 5. The van der Waals surface area contributed by atoms with Crippen LogP contribution >= 0.6 is 0 Å². The number of para-hydroxylation sites is 3. The maximum absolute atomic E-state index is 6.79. The average Bonchev–Trinajstić information content (AvgIpc) is 3.76. The van der Waals surface area contributed by atoms with Crippen molar-refractivity contribution in [1.29, 1.82) is 0 Å². The van der Waals surface area contributed by atoms with E-state index in [1.807, 2.05) is 54.9 Å². The van der Waals surface area contributed by atoms with Gasteiger partial charge in [0.2, 0.25) is 0 Å². The molecule has 5 nitrogen and oxygen atoms in total. The van der Waals surface area contributed by atoms with E-state index in [0.717, 1.165) is 93.7 Å². The topological polar surface area (TPSA) is 55.6 Å². The molecule has 0 atom stereocenters. The summed E-state index contributed by atoms with van der Waals surface area (Å²) in [4.78, 5) is 6.57. The van der Waals surface area contributed by atoms with Crippen LogP contribution in [0.3, 0.4) is 0 Å². The Bertz CT molecular complexity index is 2750. The Balaban J connectivity index is 1.28. The highest BCUT2D eigenvalue weighted by atomic mass is 16.3. The third-order valence-corrected chi connectivity index (χ3v) is 8.74. The third kappa shape index (κ3) is 3.26. The number of benzene rings is 6. The lowest BCUT2D eigenvalue weighted by molar-refractivity contribution is 0.668. The molecule has 0 aliphatic carbocycles. The van der Waals surface area contributed by atoms with Crippen molar-refractivity contribution in [3.8, 4) is 0 Å². The number of anilines is 3. The van der Waals surface area contributed by atoms with Crippen molar-refractivity contribution in [2.45, 2.75) is 0 Å². The summed E-state index contributed by atoms with van der Waals surface area (Å²) in [6, 6.07) is 41.7. The Morgan fingerprint density at radius 3 is 1.98 bits per heavy atom. The number of rotatable bonds is 3. The van der Waals surface area contributed by atoms with Gasteiger partial charge in [-0.2, -0.15) is 0 Å². The molecule has 4 heterocycles. The van der Waals surface area contributed by atoms with Gasteiger partial charge in [-0.05, 0) is 60.7 Å². The van der Waals surface area contributed by atoms with E-state index in [1.165, 1.54) is 0 Å². The summed E-state index contributed by atoms with van der Waals surface area (Å²) in [5, 5.41) is 8.55. The van der Waals surface area contributed by atoms with E-state index in [1.54, 1.807) is 0 Å². The Morgan fingerprint density at radius 1 is 0.432 bits per heavy atom. The summed E-state index contributed by atoms with van der Waals surface area (Å²) < 4.78 is 19.3. The summed E-state index contributed by atoms with van der Waals surface area (Å²) >= 11 is 0. The quantitative estimate of drug-likeness (QED) is 0.213. The van der Waals surface area contributed by atoms with Crippen LogP contribution in [0.4, 0.5) is 17.1 Å². The van der Waals surface area contributed by atoms with Gasteiger partial charge in [-0.3, -0.25) is 4.98 Å². The van der Waals surface area contributed by atoms with Crippen LogP contribution in [0.15, 0.2) is 147 Å². The summed E-state index contributed by atoms with van der Waals surface area (Å²) in [5.41, 5.74) is 7.98. The van der Waals surface area contributed by atoms with E-state index >= 15 is 0 Å². The van der Waals surface area contributed by atoms with Crippen molar-refractivity contribution < 1.29 is 13.3 Å². The number of pyridine rings is 1. The smallest absolute Gasteiger partial charge is 0.159 e. The maximum atomic E-state index is 6.79. The van der Waals surface area contributed by atoms with Gasteiger partial charge >= 0.3 is 0 Å². The van der Waals surface area contributed by atoms with Gasteiger partial charge in [0.15, 0.2) is 5.58 Å². The zero-order chi connectivity index (χ0) is 28.8. The Morgan fingerprint density at radius 2 is 1.09 bits per heavy atom. The standard InChI is InChI=1S/C39H22N2O3/c1-3-10-34-27(6-1)29-16-13-25(21-37(29)43-34)41(24-14-17-36-32(20-24)28-7-2-4-11-35(28)42-36)33-9-5-8-30-31-15-12-23-22-40-19-18-26(23)38(31)44-39(30)33/h1-22H. The van der Waals surface area contributed by atoms with E-state index in [0.29, 0.717) is 0 Å². The van der Waals surface area contributed by atoms with Gasteiger partial charge < -0.3 is 18.2 Å². The van der Waals surface area contributed by atoms with Gasteiger partial charge in [-0.1, -0.05) is 54.6 Å². The van der Waals surface area contributed by atoms with Crippen LogP contribution in [-0.4, -0.2) is 4.98 Å². The largest absolute Gasteiger partial charge is 0.456 e. The maximum Gasteiger partial charge on any atom is 0.159 e. The van der Waals surface area contributed by atoms with Crippen molar-refractivity contribution >= 4 is 93.7 Å². The summed E-state index contributed by atoms with van der Waals surface area (Å²) in [7, 11) is 0. The minimum atomic E-state index is 0.814. The molecule has 5 heteroatoms. The lowest BCUT2D eigenvalue weighted by atomic mass is 10.1. The number of hydrogen-bond donors (Lipinski definition) is 0. The molecule has 0 radical (unpaired) electrons. The van der Waals surface area contributed by atoms with E-state index in [4.69, 9.17) is 13.3 Å². The molecule has 6 aromatic carbocycles. The van der Waals surface area contributed by atoms with Gasteiger partial charge in [-0.15, -0.1) is 0 Å². The number of aromatic nitrogens is 1. The lowest BCUT2D eigenvalue weighted by Crippen LogP contribution is -2.10. The van der Waals surface area contributed by atoms with Crippen LogP contribution in [0.25, 0.3) is 76.6 Å². The number of nitrogens with zero attached hydrogens (tertiary/aromatic N) is 2. The summed E-state index contributed by atoms with van der Waals surface area (Å²) in [6.45, 7) is 0. The first-order chi connectivity index (χ1) is 21.8. The predicted molar refractivity (Wildman–Crippen MR) is 178 cm³/mol. The lowest BCUT2D eigenvalue weighted by Gasteiger charge is -2.25. The molecule has 0 N–H and O–H groups in total. The molecule has 0 saturated carbocycles. The zero-order valence-corrected chi connectivity index (χ0v) is 23.3. The van der Waals surface area contributed by atoms with Crippen LogP contribution in [0, 0.1) is 0 Å². The summed E-state index contributed by atoms with van der Waals surface area (Å²) in [6.07, 6.45) is 3.69. The molecule has 0 aliphatic heterocycles. The van der Waals surface area contributed by atoms with Crippen molar-refractivity contribution in [2.24, 2.45) is 0 Å². The SMILES string of the molecule is c1ccc2c(c1)oc1cc(N(c3ccc4oc5ccccc5c4c3)c3cccc4c3oc3c5ccncc5ccc43)ccc12.